The van der Waals surface area contributed by atoms with E-state index in [2.05, 4.69) is 10.0 Å². The smallest absolute Gasteiger partial charge is 0.335 e. The van der Waals surface area contributed by atoms with Crippen molar-refractivity contribution in [1.82, 2.24) is 5.32 Å². The Kier molecular flexibility index (Phi) is 5.96. The molecule has 1 saturated heterocycles. The first-order chi connectivity index (χ1) is 13.4. The van der Waals surface area contributed by atoms with Crippen LogP contribution in [0.25, 0.3) is 0 Å². The van der Waals surface area contributed by atoms with Crippen molar-refractivity contribution in [1.29, 1.82) is 0 Å². The SMILES string of the molecule is O=C(O)c1ccc(S(=O)(=O)Nc2ccccc2C(=O)NC[C@H]2CCCO2)cc1. The van der Waals surface area contributed by atoms with Gasteiger partial charge in [-0.25, -0.2) is 13.2 Å². The van der Waals surface area contributed by atoms with Crippen LogP contribution in [0.5, 0.6) is 0 Å². The fourth-order valence-corrected chi connectivity index (χ4v) is 3.94. The number of nitrogens with one attached hydrogen (secondary N) is 2. The first-order valence-electron chi connectivity index (χ1n) is 8.72. The van der Waals surface area contributed by atoms with Crippen LogP contribution in [0.3, 0.4) is 0 Å². The van der Waals surface area contributed by atoms with E-state index in [1.54, 1.807) is 12.1 Å². The van der Waals surface area contributed by atoms with Crippen LogP contribution in [0.1, 0.15) is 33.6 Å². The summed E-state index contributed by atoms with van der Waals surface area (Å²) >= 11 is 0. The van der Waals surface area contributed by atoms with Crippen molar-refractivity contribution in [2.24, 2.45) is 0 Å². The molecule has 1 atom stereocenters. The zero-order valence-corrected chi connectivity index (χ0v) is 15.7. The van der Waals surface area contributed by atoms with E-state index < -0.39 is 21.9 Å². The minimum Gasteiger partial charge on any atom is -0.478 e. The number of aromatic carboxylic acids is 1. The summed E-state index contributed by atoms with van der Waals surface area (Å²) in [6, 6.07) is 11.1. The summed E-state index contributed by atoms with van der Waals surface area (Å²) < 4.78 is 33.1. The summed E-state index contributed by atoms with van der Waals surface area (Å²) in [6.45, 7) is 1.04. The lowest BCUT2D eigenvalue weighted by Crippen LogP contribution is -2.32. The van der Waals surface area contributed by atoms with Gasteiger partial charge in [-0.05, 0) is 49.2 Å². The van der Waals surface area contributed by atoms with E-state index in [-0.39, 0.29) is 27.8 Å². The van der Waals surface area contributed by atoms with Crippen LogP contribution in [-0.4, -0.2) is 44.7 Å². The molecule has 28 heavy (non-hydrogen) atoms. The molecule has 1 heterocycles. The zero-order valence-electron chi connectivity index (χ0n) is 14.9. The summed E-state index contributed by atoms with van der Waals surface area (Å²) in [5.74, 6) is -1.56. The number of carboxylic acid groups (broad SMARTS) is 1. The standard InChI is InChI=1S/C19H20N2O6S/c22-18(20-12-14-4-3-11-27-14)16-5-1-2-6-17(16)21-28(25,26)15-9-7-13(8-10-15)19(23)24/h1-2,5-10,14,21H,3-4,11-12H2,(H,20,22)(H,23,24)/t14-/m1/s1. The number of carbonyl (C=O) groups is 2. The molecule has 1 fully saturated rings. The molecule has 0 unspecified atom stereocenters. The van der Waals surface area contributed by atoms with Gasteiger partial charge in [0.25, 0.3) is 15.9 Å². The minimum atomic E-state index is -3.99. The first-order valence-corrected chi connectivity index (χ1v) is 10.2. The maximum absolute atomic E-state index is 12.6. The average Bonchev–Trinajstić information content (AvgIpc) is 3.20. The Morgan fingerprint density at radius 1 is 1.11 bits per heavy atom. The number of para-hydroxylation sites is 1. The normalized spacial score (nSPS) is 16.5. The molecule has 1 amide bonds. The van der Waals surface area contributed by atoms with Crippen molar-refractivity contribution >= 4 is 27.6 Å². The number of anilines is 1. The van der Waals surface area contributed by atoms with Crippen molar-refractivity contribution in [2.45, 2.75) is 23.8 Å². The van der Waals surface area contributed by atoms with Crippen molar-refractivity contribution in [3.63, 3.8) is 0 Å². The highest BCUT2D eigenvalue weighted by Crippen LogP contribution is 2.21. The van der Waals surface area contributed by atoms with E-state index in [1.165, 1.54) is 36.4 Å². The average molecular weight is 404 g/mol. The number of sulfonamides is 1. The molecule has 3 rings (SSSR count). The van der Waals surface area contributed by atoms with Gasteiger partial charge in [0.15, 0.2) is 0 Å². The molecule has 3 N–H and O–H groups in total. The van der Waals surface area contributed by atoms with E-state index in [0.717, 1.165) is 12.8 Å². The van der Waals surface area contributed by atoms with Crippen molar-refractivity contribution in [3.8, 4) is 0 Å². The van der Waals surface area contributed by atoms with Crippen molar-refractivity contribution in [3.05, 3.63) is 59.7 Å². The highest BCUT2D eigenvalue weighted by atomic mass is 32.2. The predicted octanol–water partition coefficient (Wildman–Crippen LogP) is 2.09. The molecule has 0 aliphatic carbocycles. The van der Waals surface area contributed by atoms with Crippen LogP contribution in [0, 0.1) is 0 Å². The zero-order chi connectivity index (χ0) is 20.1. The van der Waals surface area contributed by atoms with Gasteiger partial charge in [-0.1, -0.05) is 12.1 Å². The largest absolute Gasteiger partial charge is 0.478 e. The van der Waals surface area contributed by atoms with Gasteiger partial charge in [0.05, 0.1) is 27.8 Å². The lowest BCUT2D eigenvalue weighted by atomic mass is 10.1. The molecule has 9 heteroatoms. The molecule has 1 aliphatic heterocycles. The molecule has 0 aromatic heterocycles. The molecule has 0 bridgehead atoms. The monoisotopic (exact) mass is 404 g/mol. The van der Waals surface area contributed by atoms with Gasteiger partial charge >= 0.3 is 5.97 Å². The van der Waals surface area contributed by atoms with Crippen LogP contribution < -0.4 is 10.0 Å². The Morgan fingerprint density at radius 2 is 1.82 bits per heavy atom. The molecule has 2 aromatic rings. The Hall–Kier alpha value is -2.91. The summed E-state index contributed by atoms with van der Waals surface area (Å²) in [4.78, 5) is 23.3. The van der Waals surface area contributed by atoms with E-state index >= 15 is 0 Å². The highest BCUT2D eigenvalue weighted by molar-refractivity contribution is 7.92. The third-order valence-electron chi connectivity index (χ3n) is 4.34. The molecule has 1 aliphatic rings. The summed E-state index contributed by atoms with van der Waals surface area (Å²) in [5.41, 5.74) is 0.300. The number of carbonyl (C=O) groups excluding carboxylic acids is 1. The number of carboxylic acids is 1. The fraction of sp³-hybridized carbons (Fsp3) is 0.263. The number of hydrogen-bond donors (Lipinski definition) is 3. The number of hydrogen-bond acceptors (Lipinski definition) is 5. The Balaban J connectivity index is 1.76. The number of benzene rings is 2. The van der Waals surface area contributed by atoms with Gasteiger partial charge in [-0.15, -0.1) is 0 Å². The lowest BCUT2D eigenvalue weighted by molar-refractivity contribution is 0.0696. The van der Waals surface area contributed by atoms with Crippen molar-refractivity contribution < 1.29 is 27.9 Å². The van der Waals surface area contributed by atoms with E-state index in [9.17, 15) is 18.0 Å². The minimum absolute atomic E-state index is 0.0205. The fourth-order valence-electron chi connectivity index (χ4n) is 2.86. The second-order valence-corrected chi connectivity index (χ2v) is 8.01. The predicted molar refractivity (Wildman–Crippen MR) is 102 cm³/mol. The van der Waals surface area contributed by atoms with E-state index in [1.807, 2.05) is 0 Å². The van der Waals surface area contributed by atoms with Gasteiger partial charge in [-0.3, -0.25) is 9.52 Å². The lowest BCUT2D eigenvalue weighted by Gasteiger charge is -2.14. The molecule has 148 valence electrons. The Labute approximate surface area is 162 Å². The third-order valence-corrected chi connectivity index (χ3v) is 5.72. The topological polar surface area (TPSA) is 122 Å². The van der Waals surface area contributed by atoms with Crippen LogP contribution in [0.4, 0.5) is 5.69 Å². The number of amides is 1. The van der Waals surface area contributed by atoms with Crippen LogP contribution in [-0.2, 0) is 14.8 Å². The van der Waals surface area contributed by atoms with Crippen molar-refractivity contribution in [2.75, 3.05) is 17.9 Å². The molecule has 0 saturated carbocycles. The van der Waals surface area contributed by atoms with Crippen LogP contribution >= 0.6 is 0 Å². The molecular weight excluding hydrogens is 384 g/mol. The summed E-state index contributed by atoms with van der Waals surface area (Å²) in [7, 11) is -3.99. The number of ether oxygens (including phenoxy) is 1. The third kappa shape index (κ3) is 4.68. The quantitative estimate of drug-likeness (QED) is 0.650. The molecule has 0 radical (unpaired) electrons. The molecule has 8 nitrogen and oxygen atoms in total. The van der Waals surface area contributed by atoms with Gasteiger partial charge in [-0.2, -0.15) is 0 Å². The van der Waals surface area contributed by atoms with Gasteiger partial charge < -0.3 is 15.2 Å². The van der Waals surface area contributed by atoms with Crippen LogP contribution in [0.2, 0.25) is 0 Å². The van der Waals surface area contributed by atoms with Gasteiger partial charge in [0, 0.05) is 13.2 Å². The Morgan fingerprint density at radius 3 is 2.46 bits per heavy atom. The second kappa shape index (κ2) is 8.41. The van der Waals surface area contributed by atoms with E-state index in [0.29, 0.717) is 13.2 Å². The van der Waals surface area contributed by atoms with Gasteiger partial charge in [0.1, 0.15) is 0 Å². The maximum atomic E-state index is 12.6. The second-order valence-electron chi connectivity index (χ2n) is 6.33. The Bertz CT molecular complexity index is 966. The molecule has 2 aromatic carbocycles. The van der Waals surface area contributed by atoms with E-state index in [4.69, 9.17) is 9.84 Å². The summed E-state index contributed by atoms with van der Waals surface area (Å²) in [5, 5.41) is 11.7. The first kappa shape index (κ1) is 19.8. The highest BCUT2D eigenvalue weighted by Gasteiger charge is 2.21. The molecular formula is C19H20N2O6S. The molecule has 0 spiro atoms. The van der Waals surface area contributed by atoms with Gasteiger partial charge in [0.2, 0.25) is 0 Å². The van der Waals surface area contributed by atoms with Crippen LogP contribution in [0.15, 0.2) is 53.4 Å². The maximum Gasteiger partial charge on any atom is 0.335 e. The summed E-state index contributed by atoms with van der Waals surface area (Å²) in [6.07, 6.45) is 1.80. The number of rotatable bonds is 7.